The van der Waals surface area contributed by atoms with Crippen molar-refractivity contribution in [2.45, 2.75) is 38.4 Å². The van der Waals surface area contributed by atoms with Crippen LogP contribution in [-0.4, -0.2) is 44.9 Å². The van der Waals surface area contributed by atoms with Crippen molar-refractivity contribution in [3.05, 3.63) is 59.0 Å². The normalized spacial score (nSPS) is 19.2. The van der Waals surface area contributed by atoms with E-state index in [2.05, 4.69) is 20.3 Å². The van der Waals surface area contributed by atoms with Gasteiger partial charge in [0, 0.05) is 48.2 Å². The highest BCUT2D eigenvalue weighted by atomic mass is 32.1. The van der Waals surface area contributed by atoms with E-state index < -0.39 is 11.7 Å². The van der Waals surface area contributed by atoms with E-state index in [-0.39, 0.29) is 17.4 Å². The van der Waals surface area contributed by atoms with Crippen molar-refractivity contribution >= 4 is 23.1 Å². The number of carbonyl (C=O) groups excluding carboxylic acids is 1. The maximum Gasteiger partial charge on any atom is 0.417 e. The maximum atomic E-state index is 13.7. The fourth-order valence-corrected chi connectivity index (χ4v) is 5.06. The number of amides is 1. The van der Waals surface area contributed by atoms with Crippen LogP contribution in [0.5, 0.6) is 0 Å². The number of nitrogens with zero attached hydrogens (tertiary/aromatic N) is 4. The van der Waals surface area contributed by atoms with Crippen LogP contribution in [0.15, 0.2) is 42.0 Å². The number of halogens is 3. The third kappa shape index (κ3) is 4.44. The van der Waals surface area contributed by atoms with Crippen molar-refractivity contribution in [2.24, 2.45) is 5.41 Å². The zero-order chi connectivity index (χ0) is 23.2. The average Bonchev–Trinajstić information content (AvgIpc) is 3.18. The molecule has 0 bridgehead atoms. The van der Waals surface area contributed by atoms with Gasteiger partial charge in [0.2, 0.25) is 0 Å². The molecule has 3 aromatic heterocycles. The third-order valence-corrected chi connectivity index (χ3v) is 7.15. The molecule has 5 rings (SSSR count). The van der Waals surface area contributed by atoms with E-state index in [1.807, 2.05) is 29.3 Å². The predicted octanol–water partition coefficient (Wildman–Crippen LogP) is 5.03. The summed E-state index contributed by atoms with van der Waals surface area (Å²) in [5, 5.41) is 5.73. The van der Waals surface area contributed by atoms with Gasteiger partial charge in [-0.2, -0.15) is 13.2 Å². The molecule has 1 saturated heterocycles. The molecule has 6 nitrogen and oxygen atoms in total. The average molecular weight is 474 g/mol. The van der Waals surface area contributed by atoms with Gasteiger partial charge >= 0.3 is 6.18 Å². The Bertz CT molecular complexity index is 1160. The van der Waals surface area contributed by atoms with E-state index in [1.54, 1.807) is 6.20 Å². The first-order valence-electron chi connectivity index (χ1n) is 10.7. The molecule has 1 spiro atoms. The summed E-state index contributed by atoms with van der Waals surface area (Å²) in [6, 6.07) is 5.98. The Hall–Kier alpha value is -3.01. The minimum Gasteiger partial charge on any atom is -0.368 e. The Morgan fingerprint density at radius 3 is 2.70 bits per heavy atom. The number of anilines is 1. The second-order valence-corrected chi connectivity index (χ2v) is 9.68. The molecule has 1 amide bonds. The minimum absolute atomic E-state index is 0.101. The van der Waals surface area contributed by atoms with E-state index in [0.717, 1.165) is 42.2 Å². The van der Waals surface area contributed by atoms with Gasteiger partial charge in [-0.05, 0) is 55.9 Å². The molecule has 1 aliphatic heterocycles. The lowest BCUT2D eigenvalue weighted by atomic mass is 10.0. The van der Waals surface area contributed by atoms with Gasteiger partial charge in [-0.15, -0.1) is 11.3 Å². The first-order valence-corrected chi connectivity index (χ1v) is 11.6. The lowest BCUT2D eigenvalue weighted by molar-refractivity contribution is -0.137. The second-order valence-electron chi connectivity index (χ2n) is 8.79. The molecule has 1 saturated carbocycles. The van der Waals surface area contributed by atoms with Crippen LogP contribution in [0.1, 0.15) is 41.0 Å². The fraction of sp³-hybridized carbons (Fsp3) is 0.391. The summed E-state index contributed by atoms with van der Waals surface area (Å²) in [7, 11) is 0. The summed E-state index contributed by atoms with van der Waals surface area (Å²) in [6.07, 6.45) is 1.10. The number of likely N-dealkylation sites (tertiary alicyclic amines) is 1. The molecule has 1 N–H and O–H groups in total. The number of carbonyl (C=O) groups is 1. The largest absolute Gasteiger partial charge is 0.417 e. The van der Waals surface area contributed by atoms with Crippen LogP contribution >= 0.6 is 11.3 Å². The molecule has 1 atom stereocenters. The van der Waals surface area contributed by atoms with E-state index in [4.69, 9.17) is 0 Å². The Balaban J connectivity index is 1.36. The molecule has 0 aromatic carbocycles. The van der Waals surface area contributed by atoms with E-state index >= 15 is 0 Å². The highest BCUT2D eigenvalue weighted by molar-refractivity contribution is 7.13. The van der Waals surface area contributed by atoms with E-state index in [0.29, 0.717) is 30.2 Å². The van der Waals surface area contributed by atoms with Gasteiger partial charge < -0.3 is 10.2 Å². The van der Waals surface area contributed by atoms with Gasteiger partial charge in [-0.3, -0.25) is 4.79 Å². The summed E-state index contributed by atoms with van der Waals surface area (Å²) < 4.78 is 38.4. The number of hydrogen-bond donors (Lipinski definition) is 1. The van der Waals surface area contributed by atoms with Crippen molar-refractivity contribution in [3.8, 4) is 10.6 Å². The van der Waals surface area contributed by atoms with Crippen molar-refractivity contribution in [3.63, 3.8) is 0 Å². The standard InChI is InChI=1S/C23H22F3N5OS/c1-14-2-4-17(20-27-8-9-33-20)19(30-14)21(32)31-13-22(6-7-22)10-16(31)12-29-18-5-3-15(11-28-18)23(24,25)26/h2-5,8-9,11,16H,6-7,10,12-13H2,1H3,(H,28,29)/t16-/m0/s1. The van der Waals surface area contributed by atoms with Gasteiger partial charge in [0.1, 0.15) is 16.5 Å². The van der Waals surface area contributed by atoms with E-state index in [9.17, 15) is 18.0 Å². The Morgan fingerprint density at radius 2 is 2.06 bits per heavy atom. The topological polar surface area (TPSA) is 71.0 Å². The van der Waals surface area contributed by atoms with Gasteiger partial charge in [0.15, 0.2) is 0 Å². The molecular weight excluding hydrogens is 451 g/mol. The molecule has 0 unspecified atom stereocenters. The van der Waals surface area contributed by atoms with Crippen molar-refractivity contribution < 1.29 is 18.0 Å². The number of rotatable bonds is 5. The summed E-state index contributed by atoms with van der Waals surface area (Å²) in [6.45, 7) is 2.92. The van der Waals surface area contributed by atoms with Crippen LogP contribution in [0.2, 0.25) is 0 Å². The van der Waals surface area contributed by atoms with Crippen LogP contribution in [-0.2, 0) is 6.18 Å². The quantitative estimate of drug-likeness (QED) is 0.563. The lowest BCUT2D eigenvalue weighted by Crippen LogP contribution is -2.40. The molecule has 3 aromatic rings. The van der Waals surface area contributed by atoms with Crippen LogP contribution in [0.4, 0.5) is 19.0 Å². The molecule has 2 aliphatic rings. The monoisotopic (exact) mass is 473 g/mol. The molecule has 10 heteroatoms. The third-order valence-electron chi connectivity index (χ3n) is 6.34. The summed E-state index contributed by atoms with van der Waals surface area (Å²) >= 11 is 1.46. The fourth-order valence-electron chi connectivity index (χ4n) is 4.40. The molecule has 4 heterocycles. The summed E-state index contributed by atoms with van der Waals surface area (Å²) in [5.74, 6) is 0.212. The highest BCUT2D eigenvalue weighted by Gasteiger charge is 2.53. The van der Waals surface area contributed by atoms with Crippen molar-refractivity contribution in [1.29, 1.82) is 0 Å². The number of thiazole rings is 1. The zero-order valence-corrected chi connectivity index (χ0v) is 18.7. The first kappa shape index (κ1) is 21.8. The van der Waals surface area contributed by atoms with Gasteiger partial charge in [0.25, 0.3) is 5.91 Å². The summed E-state index contributed by atoms with van der Waals surface area (Å²) in [5.41, 5.74) is 1.21. The second kappa shape index (κ2) is 8.09. The molecule has 0 radical (unpaired) electrons. The molecular formula is C23H22F3N5OS. The number of alkyl halides is 3. The van der Waals surface area contributed by atoms with Crippen LogP contribution < -0.4 is 5.32 Å². The molecule has 172 valence electrons. The van der Waals surface area contributed by atoms with Gasteiger partial charge in [-0.25, -0.2) is 15.0 Å². The number of hydrogen-bond acceptors (Lipinski definition) is 6. The maximum absolute atomic E-state index is 13.7. The highest BCUT2D eigenvalue weighted by Crippen LogP contribution is 2.55. The summed E-state index contributed by atoms with van der Waals surface area (Å²) in [4.78, 5) is 28.4. The van der Waals surface area contributed by atoms with Crippen LogP contribution in [0.3, 0.4) is 0 Å². The first-order chi connectivity index (χ1) is 15.7. The number of nitrogens with one attached hydrogen (secondary N) is 1. The molecule has 2 fully saturated rings. The van der Waals surface area contributed by atoms with Crippen LogP contribution in [0, 0.1) is 12.3 Å². The minimum atomic E-state index is -4.42. The smallest absolute Gasteiger partial charge is 0.368 e. The number of pyridine rings is 2. The Kier molecular flexibility index (Phi) is 5.35. The lowest BCUT2D eigenvalue weighted by Gasteiger charge is -2.25. The molecule has 33 heavy (non-hydrogen) atoms. The van der Waals surface area contributed by atoms with Gasteiger partial charge in [-0.1, -0.05) is 0 Å². The van der Waals surface area contributed by atoms with E-state index in [1.165, 1.54) is 17.4 Å². The van der Waals surface area contributed by atoms with Crippen LogP contribution in [0.25, 0.3) is 10.6 Å². The zero-order valence-electron chi connectivity index (χ0n) is 17.9. The van der Waals surface area contributed by atoms with Crippen molar-refractivity contribution in [2.75, 3.05) is 18.4 Å². The Morgan fingerprint density at radius 1 is 1.24 bits per heavy atom. The predicted molar refractivity (Wildman–Crippen MR) is 119 cm³/mol. The number of aromatic nitrogens is 3. The van der Waals surface area contributed by atoms with Crippen molar-refractivity contribution in [1.82, 2.24) is 19.9 Å². The Labute approximate surface area is 192 Å². The SMILES string of the molecule is Cc1ccc(-c2nccs2)c(C(=O)N2CC3(CC3)C[C@H]2CNc2ccc(C(F)(F)F)cn2)n1. The molecule has 1 aliphatic carbocycles. The number of aryl methyl sites for hydroxylation is 1. The van der Waals surface area contributed by atoms with Gasteiger partial charge in [0.05, 0.1) is 5.56 Å².